The number of carbonyl (C=O) groups is 1. The molecule has 1 unspecified atom stereocenters. The molecule has 0 bridgehead atoms. The van der Waals surface area contributed by atoms with Gasteiger partial charge in [0.2, 0.25) is 11.9 Å². The number of amides is 1. The third-order valence-corrected chi connectivity index (χ3v) is 7.23. The highest BCUT2D eigenvalue weighted by atomic mass is 32.2. The van der Waals surface area contributed by atoms with Crippen LogP contribution in [0.25, 0.3) is 0 Å². The average Bonchev–Trinajstić information content (AvgIpc) is 3.58. The van der Waals surface area contributed by atoms with E-state index in [0.717, 1.165) is 54.9 Å². The fraction of sp³-hybridized carbons (Fsp3) is 0.423. The lowest BCUT2D eigenvalue weighted by molar-refractivity contribution is -0.116. The van der Waals surface area contributed by atoms with Crippen LogP contribution in [0.2, 0.25) is 0 Å². The smallest absolute Gasteiger partial charge is 0.237 e. The van der Waals surface area contributed by atoms with Crippen LogP contribution in [0.1, 0.15) is 18.4 Å². The van der Waals surface area contributed by atoms with Crippen LogP contribution in [0.4, 0.5) is 11.6 Å². The summed E-state index contributed by atoms with van der Waals surface area (Å²) in [6.07, 6.45) is 2.26. The fourth-order valence-electron chi connectivity index (χ4n) is 4.44. The van der Waals surface area contributed by atoms with Crippen molar-refractivity contribution in [1.29, 1.82) is 0 Å². The molecule has 2 fully saturated rings. The van der Waals surface area contributed by atoms with Crippen LogP contribution in [-0.4, -0.2) is 65.4 Å². The molecule has 2 aliphatic heterocycles. The number of rotatable bonds is 9. The summed E-state index contributed by atoms with van der Waals surface area (Å²) in [7, 11) is 0. The van der Waals surface area contributed by atoms with Gasteiger partial charge in [-0.3, -0.25) is 9.36 Å². The minimum atomic E-state index is 0.0321. The van der Waals surface area contributed by atoms with Crippen LogP contribution in [0.15, 0.2) is 65.8 Å². The topological polar surface area (TPSA) is 72.7 Å². The number of ether oxygens (including phenoxy) is 2. The van der Waals surface area contributed by atoms with E-state index in [0.29, 0.717) is 26.3 Å². The van der Waals surface area contributed by atoms with Gasteiger partial charge in [0, 0.05) is 25.4 Å². The zero-order valence-electron chi connectivity index (χ0n) is 19.8. The Labute approximate surface area is 210 Å². The van der Waals surface area contributed by atoms with Crippen molar-refractivity contribution in [1.82, 2.24) is 14.8 Å². The Morgan fingerprint density at radius 2 is 1.74 bits per heavy atom. The number of thioether (sulfide) groups is 1. The van der Waals surface area contributed by atoms with Crippen LogP contribution in [-0.2, 0) is 27.4 Å². The minimum absolute atomic E-state index is 0.0321. The lowest BCUT2D eigenvalue weighted by Crippen LogP contribution is -2.38. The van der Waals surface area contributed by atoms with Gasteiger partial charge in [-0.05, 0) is 30.5 Å². The quantitative estimate of drug-likeness (QED) is 0.422. The fourth-order valence-corrected chi connectivity index (χ4v) is 5.26. The van der Waals surface area contributed by atoms with Crippen molar-refractivity contribution in [2.45, 2.75) is 37.2 Å². The molecular weight excluding hydrogens is 462 g/mol. The molecule has 184 valence electrons. The van der Waals surface area contributed by atoms with Crippen molar-refractivity contribution in [2.24, 2.45) is 0 Å². The van der Waals surface area contributed by atoms with Gasteiger partial charge >= 0.3 is 0 Å². The summed E-state index contributed by atoms with van der Waals surface area (Å²) < 4.78 is 13.6. The molecule has 3 aromatic rings. The second-order valence-electron chi connectivity index (χ2n) is 8.72. The molecule has 8 nitrogen and oxygen atoms in total. The van der Waals surface area contributed by atoms with Crippen molar-refractivity contribution in [3.05, 3.63) is 66.2 Å². The van der Waals surface area contributed by atoms with Gasteiger partial charge in [-0.1, -0.05) is 60.3 Å². The first-order valence-corrected chi connectivity index (χ1v) is 13.2. The van der Waals surface area contributed by atoms with Gasteiger partial charge in [0.05, 0.1) is 38.2 Å². The van der Waals surface area contributed by atoms with E-state index in [1.165, 1.54) is 11.8 Å². The Morgan fingerprint density at radius 1 is 1.00 bits per heavy atom. The SMILES string of the molecule is O=C(CSc1nnc(N2CCOCC2)n1CC1CCCO1)N(Cc1ccccc1)c1ccccc1. The largest absolute Gasteiger partial charge is 0.378 e. The number of para-hydroxylation sites is 1. The summed E-state index contributed by atoms with van der Waals surface area (Å²) in [5.74, 6) is 1.14. The van der Waals surface area contributed by atoms with E-state index in [-0.39, 0.29) is 17.8 Å². The molecule has 0 saturated carbocycles. The second-order valence-corrected chi connectivity index (χ2v) is 9.66. The molecule has 0 aliphatic carbocycles. The molecule has 1 amide bonds. The number of carbonyl (C=O) groups excluding carboxylic acids is 1. The van der Waals surface area contributed by atoms with E-state index in [4.69, 9.17) is 9.47 Å². The third-order valence-electron chi connectivity index (χ3n) is 6.28. The van der Waals surface area contributed by atoms with Gasteiger partial charge < -0.3 is 19.3 Å². The number of anilines is 2. The molecule has 1 atom stereocenters. The highest BCUT2D eigenvalue weighted by molar-refractivity contribution is 7.99. The maximum absolute atomic E-state index is 13.5. The van der Waals surface area contributed by atoms with Crippen LogP contribution < -0.4 is 9.80 Å². The number of benzene rings is 2. The van der Waals surface area contributed by atoms with Crippen molar-refractivity contribution >= 4 is 29.3 Å². The van der Waals surface area contributed by atoms with Gasteiger partial charge in [-0.25, -0.2) is 0 Å². The van der Waals surface area contributed by atoms with E-state index in [1.54, 1.807) is 0 Å². The molecule has 9 heteroatoms. The monoisotopic (exact) mass is 493 g/mol. The standard InChI is InChI=1S/C26H31N5O3S/c32-24(30(22-10-5-2-6-11-22)18-21-8-3-1-4-9-21)20-35-26-28-27-25(29-13-16-33-17-14-29)31(26)19-23-12-7-15-34-23/h1-6,8-11,23H,7,12-20H2. The zero-order valence-corrected chi connectivity index (χ0v) is 20.6. The summed E-state index contributed by atoms with van der Waals surface area (Å²) in [4.78, 5) is 17.5. The Morgan fingerprint density at radius 3 is 2.46 bits per heavy atom. The summed E-state index contributed by atoms with van der Waals surface area (Å²) in [6.45, 7) is 4.94. The van der Waals surface area contributed by atoms with Crippen LogP contribution in [0.3, 0.4) is 0 Å². The van der Waals surface area contributed by atoms with Gasteiger partial charge in [-0.15, -0.1) is 10.2 Å². The maximum Gasteiger partial charge on any atom is 0.237 e. The predicted octanol–water partition coefficient (Wildman–Crippen LogP) is 3.62. The van der Waals surface area contributed by atoms with Gasteiger partial charge in [-0.2, -0.15) is 0 Å². The van der Waals surface area contributed by atoms with E-state index < -0.39 is 0 Å². The Hall–Kier alpha value is -2.88. The number of morpholine rings is 1. The molecule has 2 saturated heterocycles. The van der Waals surface area contributed by atoms with Crippen molar-refractivity contribution in [3.8, 4) is 0 Å². The molecule has 1 aromatic heterocycles. The lowest BCUT2D eigenvalue weighted by Gasteiger charge is -2.28. The average molecular weight is 494 g/mol. The molecule has 0 radical (unpaired) electrons. The molecule has 0 spiro atoms. The Balaban J connectivity index is 1.33. The molecule has 3 heterocycles. The van der Waals surface area contributed by atoms with Crippen LogP contribution in [0.5, 0.6) is 0 Å². The van der Waals surface area contributed by atoms with Crippen molar-refractivity contribution < 1.29 is 14.3 Å². The second kappa shape index (κ2) is 11.7. The number of hydrogen-bond acceptors (Lipinski definition) is 7. The summed E-state index contributed by atoms with van der Waals surface area (Å²) in [6, 6.07) is 19.9. The highest BCUT2D eigenvalue weighted by Crippen LogP contribution is 2.27. The lowest BCUT2D eigenvalue weighted by atomic mass is 10.2. The Kier molecular flexibility index (Phi) is 7.97. The van der Waals surface area contributed by atoms with E-state index in [1.807, 2.05) is 65.6 Å². The molecule has 2 aliphatic rings. The summed E-state index contributed by atoms with van der Waals surface area (Å²) in [5.41, 5.74) is 1.97. The highest BCUT2D eigenvalue weighted by Gasteiger charge is 2.26. The Bertz CT molecular complexity index is 1080. The number of hydrogen-bond donors (Lipinski definition) is 0. The van der Waals surface area contributed by atoms with Gasteiger partial charge in [0.1, 0.15) is 0 Å². The molecular formula is C26H31N5O3S. The van der Waals surface area contributed by atoms with Crippen molar-refractivity contribution in [3.63, 3.8) is 0 Å². The van der Waals surface area contributed by atoms with E-state index in [9.17, 15) is 4.79 Å². The first kappa shape index (κ1) is 23.8. The molecule has 2 aromatic carbocycles. The van der Waals surface area contributed by atoms with Gasteiger partial charge in [0.25, 0.3) is 0 Å². The van der Waals surface area contributed by atoms with E-state index >= 15 is 0 Å². The number of nitrogens with zero attached hydrogens (tertiary/aromatic N) is 5. The normalized spacial score (nSPS) is 18.1. The zero-order chi connectivity index (χ0) is 23.9. The minimum Gasteiger partial charge on any atom is -0.378 e. The van der Waals surface area contributed by atoms with E-state index in [2.05, 4.69) is 19.7 Å². The summed E-state index contributed by atoms with van der Waals surface area (Å²) in [5, 5.41) is 9.75. The third kappa shape index (κ3) is 6.04. The van der Waals surface area contributed by atoms with Crippen molar-refractivity contribution in [2.75, 3.05) is 48.5 Å². The first-order valence-electron chi connectivity index (χ1n) is 12.2. The predicted molar refractivity (Wildman–Crippen MR) is 137 cm³/mol. The number of aromatic nitrogens is 3. The molecule has 35 heavy (non-hydrogen) atoms. The van der Waals surface area contributed by atoms with Crippen LogP contribution in [0, 0.1) is 0 Å². The molecule has 0 N–H and O–H groups in total. The van der Waals surface area contributed by atoms with Crippen LogP contribution >= 0.6 is 11.8 Å². The molecule has 5 rings (SSSR count). The first-order chi connectivity index (χ1) is 17.3. The summed E-state index contributed by atoms with van der Waals surface area (Å²) >= 11 is 1.44. The van der Waals surface area contributed by atoms with Gasteiger partial charge in [0.15, 0.2) is 5.16 Å². The maximum atomic E-state index is 13.5.